The maximum atomic E-state index is 14.8. The predicted molar refractivity (Wildman–Crippen MR) is 113 cm³/mol. The second-order valence-corrected chi connectivity index (χ2v) is 7.75. The lowest BCUT2D eigenvalue weighted by atomic mass is 10.1. The van der Waals surface area contributed by atoms with Crippen molar-refractivity contribution in [1.29, 1.82) is 0 Å². The number of hydrogen-bond acceptors (Lipinski definition) is 6. The van der Waals surface area contributed by atoms with Crippen molar-refractivity contribution >= 4 is 23.0 Å². The van der Waals surface area contributed by atoms with Crippen molar-refractivity contribution in [1.82, 2.24) is 0 Å². The van der Waals surface area contributed by atoms with Gasteiger partial charge in [-0.05, 0) is 51.1 Å². The number of nitrogens with zero attached hydrogens (tertiary/aromatic N) is 1. The van der Waals surface area contributed by atoms with Crippen molar-refractivity contribution in [2.24, 2.45) is 0 Å². The van der Waals surface area contributed by atoms with Crippen LogP contribution < -0.4 is 25.0 Å². The lowest BCUT2D eigenvalue weighted by Gasteiger charge is -2.37. The molecule has 3 atom stereocenters. The Balaban J connectivity index is 1.38. The van der Waals surface area contributed by atoms with Crippen molar-refractivity contribution in [2.45, 2.75) is 39.0 Å². The highest BCUT2D eigenvalue weighted by atomic mass is 19.1. The molecule has 2 aromatic rings. The normalized spacial score (nSPS) is 21.3. The Kier molecular flexibility index (Phi) is 5.67. The number of amides is 1. The van der Waals surface area contributed by atoms with Gasteiger partial charge >= 0.3 is 0 Å². The highest BCUT2D eigenvalue weighted by Gasteiger charge is 2.24. The van der Waals surface area contributed by atoms with Crippen LogP contribution in [0, 0.1) is 5.82 Å². The van der Waals surface area contributed by atoms with Crippen LogP contribution in [0.25, 0.3) is 0 Å². The summed E-state index contributed by atoms with van der Waals surface area (Å²) in [6.45, 7) is 7.15. The molecule has 8 heteroatoms. The smallest absolute Gasteiger partial charge is 0.246 e. The summed E-state index contributed by atoms with van der Waals surface area (Å²) < 4.78 is 31.1. The minimum Gasteiger partial charge on any atom is -0.454 e. The van der Waals surface area contributed by atoms with Gasteiger partial charge in [-0.15, -0.1) is 0 Å². The lowest BCUT2D eigenvalue weighted by molar-refractivity contribution is -0.116. The van der Waals surface area contributed by atoms with Gasteiger partial charge in [-0.25, -0.2) is 4.39 Å². The molecule has 2 aliphatic heterocycles. The fraction of sp³-hybridized carbons (Fsp3) is 0.409. The molecule has 1 amide bonds. The Morgan fingerprint density at radius 1 is 1.07 bits per heavy atom. The number of anilines is 3. The van der Waals surface area contributed by atoms with Gasteiger partial charge in [0.2, 0.25) is 12.7 Å². The average molecular weight is 415 g/mol. The molecule has 0 aliphatic carbocycles. The van der Waals surface area contributed by atoms with E-state index >= 15 is 0 Å². The Labute approximate surface area is 175 Å². The van der Waals surface area contributed by atoms with E-state index in [4.69, 9.17) is 14.2 Å². The summed E-state index contributed by atoms with van der Waals surface area (Å²) in [7, 11) is 0. The van der Waals surface area contributed by atoms with Gasteiger partial charge in [0.25, 0.3) is 0 Å². The number of halogens is 1. The van der Waals surface area contributed by atoms with Crippen molar-refractivity contribution in [3.63, 3.8) is 0 Å². The largest absolute Gasteiger partial charge is 0.454 e. The molecule has 30 heavy (non-hydrogen) atoms. The number of carbonyl (C=O) groups is 1. The fourth-order valence-corrected chi connectivity index (χ4v) is 3.77. The molecular weight excluding hydrogens is 389 g/mol. The zero-order valence-corrected chi connectivity index (χ0v) is 17.3. The van der Waals surface area contributed by atoms with Crippen molar-refractivity contribution < 1.29 is 23.4 Å². The Morgan fingerprint density at radius 2 is 1.77 bits per heavy atom. The van der Waals surface area contributed by atoms with Crippen molar-refractivity contribution in [2.75, 3.05) is 35.4 Å². The minimum absolute atomic E-state index is 0.0471. The molecule has 0 bridgehead atoms. The van der Waals surface area contributed by atoms with E-state index in [1.54, 1.807) is 37.3 Å². The highest BCUT2D eigenvalue weighted by molar-refractivity contribution is 5.96. The van der Waals surface area contributed by atoms with Crippen LogP contribution in [-0.2, 0) is 9.53 Å². The van der Waals surface area contributed by atoms with Crippen LogP contribution in [0.2, 0.25) is 0 Å². The molecule has 0 radical (unpaired) electrons. The third-order valence-electron chi connectivity index (χ3n) is 5.12. The van der Waals surface area contributed by atoms with Crippen LogP contribution in [0.1, 0.15) is 20.8 Å². The number of ether oxygens (including phenoxy) is 3. The summed E-state index contributed by atoms with van der Waals surface area (Å²) in [5.41, 5.74) is 1.69. The van der Waals surface area contributed by atoms with Gasteiger partial charge in [0.1, 0.15) is 11.9 Å². The van der Waals surface area contributed by atoms with Gasteiger partial charge in [0, 0.05) is 30.5 Å². The number of morpholine rings is 1. The zero-order valence-electron chi connectivity index (χ0n) is 17.3. The van der Waals surface area contributed by atoms with Crippen molar-refractivity contribution in [3.8, 4) is 11.5 Å². The van der Waals surface area contributed by atoms with Crippen LogP contribution in [0.4, 0.5) is 21.5 Å². The summed E-state index contributed by atoms with van der Waals surface area (Å²) in [4.78, 5) is 14.5. The monoisotopic (exact) mass is 415 g/mol. The number of fused-ring (bicyclic) bond motifs is 1. The molecule has 0 aromatic heterocycles. The van der Waals surface area contributed by atoms with E-state index in [0.717, 1.165) is 0 Å². The Bertz CT molecular complexity index is 929. The molecular formula is C22H26FN3O4. The van der Waals surface area contributed by atoms with E-state index in [-0.39, 0.29) is 30.7 Å². The molecule has 1 saturated heterocycles. The standard InChI is InChI=1S/C22H26FN3O4/c1-13-10-26(11-14(2)30-13)19-6-4-16(8-18(19)23)24-15(3)22(27)25-17-5-7-20-21(9-17)29-12-28-20/h4-9,13-15,24H,10-12H2,1-3H3,(H,25,27)/t13-,14+,15-/m0/s1. The first-order valence-electron chi connectivity index (χ1n) is 10.1. The van der Waals surface area contributed by atoms with E-state index < -0.39 is 6.04 Å². The second kappa shape index (κ2) is 8.39. The molecule has 7 nitrogen and oxygen atoms in total. The van der Waals surface area contributed by atoms with Gasteiger partial charge in [-0.2, -0.15) is 0 Å². The summed E-state index contributed by atoms with van der Waals surface area (Å²) >= 11 is 0. The minimum atomic E-state index is -0.566. The summed E-state index contributed by atoms with van der Waals surface area (Å²) in [6.07, 6.45) is 0.0942. The van der Waals surface area contributed by atoms with E-state index in [1.165, 1.54) is 6.07 Å². The van der Waals surface area contributed by atoms with E-state index in [2.05, 4.69) is 10.6 Å². The number of rotatable bonds is 5. The molecule has 0 saturated carbocycles. The maximum Gasteiger partial charge on any atom is 0.246 e. The number of nitrogens with one attached hydrogen (secondary N) is 2. The van der Waals surface area contributed by atoms with Crippen LogP contribution >= 0.6 is 0 Å². The first kappa shape index (κ1) is 20.3. The van der Waals surface area contributed by atoms with Gasteiger partial charge in [-0.3, -0.25) is 4.79 Å². The maximum absolute atomic E-state index is 14.8. The Morgan fingerprint density at radius 3 is 2.50 bits per heavy atom. The number of benzene rings is 2. The Hall–Kier alpha value is -3.00. The zero-order chi connectivity index (χ0) is 21.3. The van der Waals surface area contributed by atoms with E-state index in [0.29, 0.717) is 41.7 Å². The molecule has 0 spiro atoms. The van der Waals surface area contributed by atoms with Gasteiger partial charge < -0.3 is 29.7 Å². The van der Waals surface area contributed by atoms with Crippen molar-refractivity contribution in [3.05, 3.63) is 42.2 Å². The molecule has 4 rings (SSSR count). The summed E-state index contributed by atoms with van der Waals surface area (Å²) in [6, 6.07) is 9.59. The average Bonchev–Trinajstić information content (AvgIpc) is 3.15. The second-order valence-electron chi connectivity index (χ2n) is 7.75. The van der Waals surface area contributed by atoms with Crippen LogP contribution in [-0.4, -0.2) is 44.0 Å². The molecule has 1 fully saturated rings. The topological polar surface area (TPSA) is 72.1 Å². The number of carbonyl (C=O) groups excluding carboxylic acids is 1. The van der Waals surface area contributed by atoms with Gasteiger partial charge in [0.15, 0.2) is 11.5 Å². The predicted octanol–water partition coefficient (Wildman–Crippen LogP) is 3.61. The quantitative estimate of drug-likeness (QED) is 0.778. The van der Waals surface area contributed by atoms with Crippen LogP contribution in [0.5, 0.6) is 11.5 Å². The molecule has 2 aromatic carbocycles. The lowest BCUT2D eigenvalue weighted by Crippen LogP contribution is -2.45. The highest BCUT2D eigenvalue weighted by Crippen LogP contribution is 2.34. The first-order chi connectivity index (χ1) is 14.4. The third kappa shape index (κ3) is 4.43. The van der Waals surface area contributed by atoms with Crippen LogP contribution in [0.3, 0.4) is 0 Å². The van der Waals surface area contributed by atoms with Crippen LogP contribution in [0.15, 0.2) is 36.4 Å². The van der Waals surface area contributed by atoms with Gasteiger partial charge in [-0.1, -0.05) is 0 Å². The summed E-state index contributed by atoms with van der Waals surface area (Å²) in [5, 5.41) is 5.88. The number of hydrogen-bond donors (Lipinski definition) is 2. The molecule has 2 N–H and O–H groups in total. The first-order valence-corrected chi connectivity index (χ1v) is 10.1. The fourth-order valence-electron chi connectivity index (χ4n) is 3.77. The van der Waals surface area contributed by atoms with E-state index in [9.17, 15) is 9.18 Å². The summed E-state index contributed by atoms with van der Waals surface area (Å²) in [5.74, 6) is 0.676. The SMILES string of the molecule is C[C@@H]1CN(c2ccc(N[C@@H](C)C(=O)Nc3ccc4c(c3)OCO4)cc2F)C[C@H](C)O1. The molecule has 0 unspecified atom stereocenters. The molecule has 2 aliphatic rings. The van der Waals surface area contributed by atoms with Gasteiger partial charge in [0.05, 0.1) is 17.9 Å². The molecule has 160 valence electrons. The molecule has 2 heterocycles. The van der Waals surface area contributed by atoms with E-state index in [1.807, 2.05) is 18.7 Å². The third-order valence-corrected chi connectivity index (χ3v) is 5.12.